The Hall–Kier alpha value is -7.64. The highest BCUT2D eigenvalue weighted by Crippen LogP contribution is 2.42. The van der Waals surface area contributed by atoms with Crippen molar-refractivity contribution in [3.05, 3.63) is 136 Å². The second kappa shape index (κ2) is 15.3. The molecule has 0 aliphatic carbocycles. The molecule has 0 spiro atoms. The Morgan fingerprint density at radius 3 is 0.880 bits per heavy atom. The van der Waals surface area contributed by atoms with Crippen LogP contribution in [0.25, 0.3) is 22.3 Å². The predicted octanol–water partition coefficient (Wildman–Crippen LogP) is 5.31. The summed E-state index contributed by atoms with van der Waals surface area (Å²) in [5.74, 6) is -5.05. The fourth-order valence-corrected chi connectivity index (χ4v) is 4.74. The van der Waals surface area contributed by atoms with E-state index in [1.807, 2.05) is 0 Å². The number of carbonyl (C=O) groups excluding carboxylic acids is 2. The molecule has 0 saturated carbocycles. The number of methoxy groups -OCH3 is 2. The molecule has 0 amide bonds. The first kappa shape index (κ1) is 36.8. The smallest absolute Gasteiger partial charge is 0.338 e. The number of nitro groups is 4. The zero-order chi connectivity index (χ0) is 37.4. The maximum atomic E-state index is 12.1. The minimum atomic E-state index is -1.58. The molecule has 0 unspecified atom stereocenters. The van der Waals surface area contributed by atoms with E-state index >= 15 is 0 Å². The molecular formula is C30H20N4O16. The Labute approximate surface area is 277 Å². The number of rotatable bonds is 10. The molecule has 4 aromatic carbocycles. The van der Waals surface area contributed by atoms with Gasteiger partial charge in [0.25, 0.3) is 22.7 Å². The summed E-state index contributed by atoms with van der Waals surface area (Å²) in [7, 11) is 2.12. The van der Waals surface area contributed by atoms with Crippen LogP contribution in [0.4, 0.5) is 22.7 Å². The summed E-state index contributed by atoms with van der Waals surface area (Å²) in [6.45, 7) is 0. The first-order chi connectivity index (χ1) is 23.6. The van der Waals surface area contributed by atoms with Gasteiger partial charge in [0.05, 0.1) is 78.4 Å². The summed E-state index contributed by atoms with van der Waals surface area (Å²) < 4.78 is 9.23. The lowest BCUT2D eigenvalue weighted by molar-refractivity contribution is -0.386. The third-order valence-electron chi connectivity index (χ3n) is 6.73. The van der Waals surface area contributed by atoms with E-state index < -0.39 is 99.7 Å². The van der Waals surface area contributed by atoms with Crippen LogP contribution >= 0.6 is 0 Å². The first-order valence-corrected chi connectivity index (χ1v) is 13.3. The average molecular weight is 693 g/mol. The largest absolute Gasteiger partial charge is 0.478 e. The Balaban J connectivity index is 0.000000271. The van der Waals surface area contributed by atoms with Gasteiger partial charge in [0, 0.05) is 24.3 Å². The Kier molecular flexibility index (Phi) is 11.3. The lowest BCUT2D eigenvalue weighted by atomic mass is 9.92. The maximum Gasteiger partial charge on any atom is 0.338 e. The number of hydrogen-bond donors (Lipinski definition) is 2. The van der Waals surface area contributed by atoms with Crippen LogP contribution in [0.15, 0.2) is 72.8 Å². The van der Waals surface area contributed by atoms with Gasteiger partial charge in [-0.05, 0) is 24.3 Å². The number of carboxylic acid groups (broad SMARTS) is 2. The van der Waals surface area contributed by atoms with Crippen molar-refractivity contribution in [2.24, 2.45) is 0 Å². The number of ether oxygens (including phenoxy) is 2. The molecule has 0 aliphatic rings. The Bertz CT molecular complexity index is 1900. The number of esters is 2. The van der Waals surface area contributed by atoms with Gasteiger partial charge in [0.15, 0.2) is 0 Å². The van der Waals surface area contributed by atoms with Crippen LogP contribution in [0.5, 0.6) is 0 Å². The quantitative estimate of drug-likeness (QED) is 0.121. The third kappa shape index (κ3) is 7.33. The van der Waals surface area contributed by atoms with E-state index in [1.54, 1.807) is 0 Å². The number of aromatic carboxylic acids is 2. The molecule has 0 aromatic heterocycles. The summed E-state index contributed by atoms with van der Waals surface area (Å²) >= 11 is 0. The van der Waals surface area contributed by atoms with Crippen LogP contribution in [0, 0.1) is 40.5 Å². The topological polar surface area (TPSA) is 300 Å². The summed E-state index contributed by atoms with van der Waals surface area (Å²) in [5.41, 5.74) is -6.50. The van der Waals surface area contributed by atoms with E-state index in [2.05, 4.69) is 9.47 Å². The molecule has 20 nitrogen and oxygen atoms in total. The van der Waals surface area contributed by atoms with Crippen molar-refractivity contribution in [1.82, 2.24) is 0 Å². The lowest BCUT2D eigenvalue weighted by Gasteiger charge is -2.12. The van der Waals surface area contributed by atoms with E-state index in [4.69, 9.17) is 0 Å². The second-order valence-corrected chi connectivity index (χ2v) is 9.42. The minimum Gasteiger partial charge on any atom is -0.478 e. The van der Waals surface area contributed by atoms with Gasteiger partial charge in [-0.15, -0.1) is 0 Å². The van der Waals surface area contributed by atoms with Gasteiger partial charge in [0.1, 0.15) is 0 Å². The van der Waals surface area contributed by atoms with Crippen LogP contribution in [-0.4, -0.2) is 68.0 Å². The molecule has 0 aliphatic heterocycles. The van der Waals surface area contributed by atoms with E-state index in [0.717, 1.165) is 62.8 Å². The van der Waals surface area contributed by atoms with Crippen molar-refractivity contribution in [3.8, 4) is 22.3 Å². The molecular weight excluding hydrogens is 672 g/mol. The average Bonchev–Trinajstić information content (AvgIpc) is 3.09. The molecule has 20 heteroatoms. The SMILES string of the molecule is COC(=O)c1cccc([N+](=O)[O-])c1-c1c(C(=O)OC)cccc1[N+](=O)[O-].O=C(O)c1cccc([N+](=O)[O-])c1-c1c(C(=O)O)cccc1[N+](=O)[O-]. The van der Waals surface area contributed by atoms with Gasteiger partial charge in [0.2, 0.25) is 0 Å². The summed E-state index contributed by atoms with van der Waals surface area (Å²) in [4.78, 5) is 88.9. The number of carboxylic acids is 2. The van der Waals surface area contributed by atoms with Gasteiger partial charge in [-0.1, -0.05) is 24.3 Å². The molecule has 4 aromatic rings. The molecule has 2 N–H and O–H groups in total. The minimum absolute atomic E-state index is 0.291. The number of nitro benzene ring substituents is 4. The molecule has 50 heavy (non-hydrogen) atoms. The fourth-order valence-electron chi connectivity index (χ4n) is 4.74. The third-order valence-corrected chi connectivity index (χ3v) is 6.73. The molecule has 0 radical (unpaired) electrons. The monoisotopic (exact) mass is 692 g/mol. The lowest BCUT2D eigenvalue weighted by Crippen LogP contribution is -2.11. The van der Waals surface area contributed by atoms with Gasteiger partial charge in [-0.25, -0.2) is 19.2 Å². The molecule has 256 valence electrons. The summed E-state index contributed by atoms with van der Waals surface area (Å²) in [5, 5.41) is 63.9. The highest BCUT2D eigenvalue weighted by atomic mass is 16.6. The fraction of sp³-hybridized carbons (Fsp3) is 0.0667. The van der Waals surface area contributed by atoms with Crippen LogP contribution in [-0.2, 0) is 9.47 Å². The molecule has 0 saturated heterocycles. The standard InChI is InChI=1S/C16H12N2O8.C14H8N2O8/c1-25-15(19)9-5-3-7-11(17(21)22)13(9)14-10(16(20)26-2)6-4-8-12(14)18(23)24;17-13(18)7-3-1-5-9(15(21)22)11(7)12-8(14(19)20)4-2-6-10(12)16(23)24/h3-8H,1-2H3;1-6H,(H,17,18)(H,19,20). The van der Waals surface area contributed by atoms with Gasteiger partial charge in [-0.2, -0.15) is 0 Å². The van der Waals surface area contributed by atoms with Gasteiger partial charge >= 0.3 is 23.9 Å². The van der Waals surface area contributed by atoms with Crippen LogP contribution < -0.4 is 0 Å². The van der Waals surface area contributed by atoms with E-state index in [1.165, 1.54) is 24.3 Å². The van der Waals surface area contributed by atoms with E-state index in [-0.39, 0.29) is 11.1 Å². The molecule has 0 fully saturated rings. The number of nitrogens with zero attached hydrogens (tertiary/aromatic N) is 4. The maximum absolute atomic E-state index is 12.1. The van der Waals surface area contributed by atoms with E-state index in [9.17, 15) is 69.8 Å². The summed E-state index contributed by atoms with van der Waals surface area (Å²) in [6, 6.07) is 13.1. The van der Waals surface area contributed by atoms with Crippen molar-refractivity contribution in [2.75, 3.05) is 14.2 Å². The number of benzene rings is 4. The molecule has 0 atom stereocenters. The van der Waals surface area contributed by atoms with Crippen molar-refractivity contribution in [1.29, 1.82) is 0 Å². The van der Waals surface area contributed by atoms with Gasteiger partial charge in [-0.3, -0.25) is 40.5 Å². The Morgan fingerprint density at radius 2 is 0.680 bits per heavy atom. The predicted molar refractivity (Wildman–Crippen MR) is 167 cm³/mol. The zero-order valence-electron chi connectivity index (χ0n) is 25.3. The zero-order valence-corrected chi connectivity index (χ0v) is 25.3. The van der Waals surface area contributed by atoms with Crippen LogP contribution in [0.3, 0.4) is 0 Å². The van der Waals surface area contributed by atoms with Crippen LogP contribution in [0.1, 0.15) is 41.4 Å². The Morgan fingerprint density at radius 1 is 0.460 bits per heavy atom. The molecule has 0 heterocycles. The number of carbonyl (C=O) groups is 4. The second-order valence-electron chi connectivity index (χ2n) is 9.42. The first-order valence-electron chi connectivity index (χ1n) is 13.3. The summed E-state index contributed by atoms with van der Waals surface area (Å²) in [6.07, 6.45) is 0. The molecule has 4 rings (SSSR count). The van der Waals surface area contributed by atoms with Crippen LogP contribution in [0.2, 0.25) is 0 Å². The van der Waals surface area contributed by atoms with Crippen molar-refractivity contribution < 1.29 is 58.6 Å². The highest BCUT2D eigenvalue weighted by Gasteiger charge is 2.34. The van der Waals surface area contributed by atoms with Gasteiger partial charge < -0.3 is 19.7 Å². The number of hydrogen-bond acceptors (Lipinski definition) is 14. The van der Waals surface area contributed by atoms with E-state index in [0.29, 0.717) is 0 Å². The normalized spacial score (nSPS) is 10.1. The molecule has 0 bridgehead atoms. The highest BCUT2D eigenvalue weighted by molar-refractivity contribution is 6.08. The van der Waals surface area contributed by atoms with Crippen molar-refractivity contribution in [2.45, 2.75) is 0 Å². The van der Waals surface area contributed by atoms with Crippen molar-refractivity contribution in [3.63, 3.8) is 0 Å². The van der Waals surface area contributed by atoms with Crippen molar-refractivity contribution >= 4 is 46.6 Å².